The van der Waals surface area contributed by atoms with Crippen LogP contribution in [0.5, 0.6) is 0 Å². The molecule has 238 valence electrons. The molecule has 0 saturated heterocycles. The topological polar surface area (TPSA) is 52.6 Å². The van der Waals surface area contributed by atoms with Crippen LogP contribution in [-0.4, -0.2) is 23.1 Å². The Kier molecular flexibility index (Phi) is 13.6. The highest BCUT2D eigenvalue weighted by Crippen LogP contribution is 2.70. The van der Waals surface area contributed by atoms with Crippen molar-refractivity contribution in [3.8, 4) is 0 Å². The minimum Gasteiger partial charge on any atom is -0.459 e. The Morgan fingerprint density at radius 1 is 0.700 bits per heavy atom. The minimum absolute atomic E-state index is 0. The van der Waals surface area contributed by atoms with Gasteiger partial charge in [-0.1, -0.05) is 50.0 Å². The first-order chi connectivity index (χ1) is 16.8. The largest absolute Gasteiger partial charge is 0.459 e. The van der Waals surface area contributed by atoms with E-state index in [0.29, 0.717) is 5.92 Å². The van der Waals surface area contributed by atoms with Gasteiger partial charge in [0.1, 0.15) is 11.2 Å². The van der Waals surface area contributed by atoms with Gasteiger partial charge in [0.25, 0.3) is 0 Å². The number of carbonyl (C=O) groups is 2. The van der Waals surface area contributed by atoms with E-state index in [2.05, 4.69) is 20.8 Å². The van der Waals surface area contributed by atoms with E-state index in [4.69, 9.17) is 9.47 Å². The Balaban J connectivity index is 0.000000727. The van der Waals surface area contributed by atoms with Crippen molar-refractivity contribution in [2.75, 3.05) is 0 Å². The van der Waals surface area contributed by atoms with Crippen molar-refractivity contribution >= 4 is 11.9 Å². The van der Waals surface area contributed by atoms with E-state index >= 15 is 0 Å². The monoisotopic (exact) mass is 567 g/mol. The molecule has 4 nitrogen and oxygen atoms in total. The van der Waals surface area contributed by atoms with Gasteiger partial charge in [-0.2, -0.15) is 0 Å². The van der Waals surface area contributed by atoms with E-state index in [1.807, 2.05) is 34.6 Å². The Labute approximate surface area is 250 Å². The highest BCUT2D eigenvalue weighted by atomic mass is 16.6. The zero-order valence-corrected chi connectivity index (χ0v) is 24.6. The van der Waals surface area contributed by atoms with E-state index in [-0.39, 0.29) is 63.7 Å². The Bertz CT molecular complexity index is 823. The molecule has 7 atom stereocenters. The maximum absolute atomic E-state index is 12.6. The molecule has 0 aromatic heterocycles. The van der Waals surface area contributed by atoms with Gasteiger partial charge in [-0.25, -0.2) is 0 Å². The first-order valence-corrected chi connectivity index (χ1v) is 15.2. The quantitative estimate of drug-likeness (QED) is 0.237. The highest BCUT2D eigenvalue weighted by Gasteiger charge is 2.67. The molecule has 5 aliphatic rings. The molecule has 0 aliphatic heterocycles. The van der Waals surface area contributed by atoms with Crippen molar-refractivity contribution in [1.82, 2.24) is 0 Å². The molecular formula is C36H70O4. The van der Waals surface area contributed by atoms with Crippen molar-refractivity contribution < 1.29 is 19.1 Å². The van der Waals surface area contributed by atoms with E-state index in [9.17, 15) is 9.59 Å². The maximum Gasteiger partial charge on any atom is 0.312 e. The predicted molar refractivity (Wildman–Crippen MR) is 171 cm³/mol. The van der Waals surface area contributed by atoms with Crippen LogP contribution in [-0.2, 0) is 19.1 Å². The van der Waals surface area contributed by atoms with Gasteiger partial charge >= 0.3 is 11.9 Å². The number of esters is 2. The molecule has 5 fully saturated rings. The molecule has 0 heterocycles. The second-order valence-electron chi connectivity index (χ2n) is 14.9. The lowest BCUT2D eigenvalue weighted by atomic mass is 9.66. The summed E-state index contributed by atoms with van der Waals surface area (Å²) in [5.74, 6) is 5.32. The van der Waals surface area contributed by atoms with Crippen molar-refractivity contribution in [2.45, 2.75) is 173 Å². The third-order valence-electron chi connectivity index (χ3n) is 11.5. The normalized spacial score (nSPS) is 34.4. The van der Waals surface area contributed by atoms with Crippen molar-refractivity contribution in [1.29, 1.82) is 0 Å². The molecule has 0 aromatic carbocycles. The average Bonchev–Trinajstić information content (AvgIpc) is 3.59. The lowest BCUT2D eigenvalue weighted by Gasteiger charge is -2.45. The molecule has 5 saturated carbocycles. The number of hydrogen-bond donors (Lipinski definition) is 0. The molecule has 40 heavy (non-hydrogen) atoms. The summed E-state index contributed by atoms with van der Waals surface area (Å²) in [6.45, 7) is 16.4. The first kappa shape index (κ1) is 38.9. The minimum atomic E-state index is -0.334. The van der Waals surface area contributed by atoms with Crippen LogP contribution < -0.4 is 0 Å². The number of carbonyl (C=O) groups excluding carboxylic acids is 2. The summed E-state index contributed by atoms with van der Waals surface area (Å²) in [6, 6.07) is 0. The third-order valence-corrected chi connectivity index (χ3v) is 11.5. The fourth-order valence-electron chi connectivity index (χ4n) is 8.38. The number of hydrogen-bond acceptors (Lipinski definition) is 4. The Hall–Kier alpha value is -1.06. The van der Waals surface area contributed by atoms with Gasteiger partial charge in [-0.15, -0.1) is 0 Å². The molecule has 0 aromatic rings. The van der Waals surface area contributed by atoms with E-state index < -0.39 is 0 Å². The Morgan fingerprint density at radius 2 is 1.18 bits per heavy atom. The third kappa shape index (κ3) is 7.28. The summed E-state index contributed by atoms with van der Waals surface area (Å²) >= 11 is 0. The number of ether oxygens (including phenoxy) is 2. The molecule has 4 bridgehead atoms. The fourth-order valence-corrected chi connectivity index (χ4v) is 8.38. The summed E-state index contributed by atoms with van der Waals surface area (Å²) in [6.07, 6.45) is 14.3. The molecule has 0 N–H and O–H groups in total. The number of rotatable bonds is 6. The van der Waals surface area contributed by atoms with Crippen LogP contribution in [0, 0.1) is 46.3 Å². The van der Waals surface area contributed by atoms with Crippen LogP contribution in [0.4, 0.5) is 0 Å². The van der Waals surface area contributed by atoms with E-state index in [0.717, 1.165) is 61.7 Å². The van der Waals surface area contributed by atoms with E-state index in [1.54, 1.807) is 0 Å². The molecular weight excluding hydrogens is 496 g/mol. The van der Waals surface area contributed by atoms with Crippen LogP contribution in [0.25, 0.3) is 0 Å². The van der Waals surface area contributed by atoms with E-state index in [1.165, 1.54) is 44.9 Å². The van der Waals surface area contributed by atoms with Crippen molar-refractivity contribution in [3.63, 3.8) is 0 Å². The van der Waals surface area contributed by atoms with Gasteiger partial charge in [0.15, 0.2) is 0 Å². The fraction of sp³-hybridized carbons (Fsp3) is 0.944. The summed E-state index contributed by atoms with van der Waals surface area (Å²) in [5, 5.41) is 0. The van der Waals surface area contributed by atoms with Gasteiger partial charge in [-0.3, -0.25) is 9.59 Å². The molecule has 0 radical (unpaired) electrons. The summed E-state index contributed by atoms with van der Waals surface area (Å²) in [7, 11) is 0. The summed E-state index contributed by atoms with van der Waals surface area (Å²) in [4.78, 5) is 24.5. The molecule has 7 unspecified atom stereocenters. The zero-order chi connectivity index (χ0) is 26.5. The predicted octanol–water partition coefficient (Wildman–Crippen LogP) is 10.7. The summed E-state index contributed by atoms with van der Waals surface area (Å²) < 4.78 is 11.9. The zero-order valence-electron chi connectivity index (χ0n) is 24.6. The van der Waals surface area contributed by atoms with Gasteiger partial charge in [-0.05, 0) is 142 Å². The summed E-state index contributed by atoms with van der Waals surface area (Å²) in [5.41, 5.74) is -1.03. The smallest absolute Gasteiger partial charge is 0.312 e. The lowest BCUT2D eigenvalue weighted by Crippen LogP contribution is -2.47. The van der Waals surface area contributed by atoms with Gasteiger partial charge in [0.2, 0.25) is 0 Å². The standard InChI is InChI=1S/C19H30O2.C13H24O2.4CH4/c1-5-18(2,3)17(20)21-19(4)10-13-9-14(19)16-12-7-6-11(8-12)15(13)16;1-5-12(2,3)11(14)15-13(4)9-7-6-8-10-13;;;;/h11-16H,5-10H2,1-4H3;5-10H2,1-4H3;4*1H4. The number of fused-ring (bicyclic) bond motifs is 9. The van der Waals surface area contributed by atoms with Crippen LogP contribution in [0.3, 0.4) is 0 Å². The molecule has 0 amide bonds. The van der Waals surface area contributed by atoms with Crippen molar-refractivity contribution in [2.24, 2.45) is 46.3 Å². The molecule has 5 rings (SSSR count). The van der Waals surface area contributed by atoms with Crippen LogP contribution in [0.15, 0.2) is 0 Å². The van der Waals surface area contributed by atoms with Crippen molar-refractivity contribution in [3.05, 3.63) is 0 Å². The molecule has 5 aliphatic carbocycles. The van der Waals surface area contributed by atoms with Gasteiger partial charge in [0.05, 0.1) is 10.8 Å². The van der Waals surface area contributed by atoms with Crippen LogP contribution >= 0.6 is 0 Å². The first-order valence-electron chi connectivity index (χ1n) is 15.2. The second-order valence-corrected chi connectivity index (χ2v) is 14.9. The molecule has 0 spiro atoms. The average molecular weight is 567 g/mol. The lowest BCUT2D eigenvalue weighted by molar-refractivity contribution is -0.179. The SMILES string of the molecule is C.C.C.C.CCC(C)(C)C(=O)OC1(C)CC2CC1C1C3CCC(C3)C21.CCC(C)(C)C(=O)OC1(C)CCCCC1. The second kappa shape index (κ2) is 13.9. The maximum atomic E-state index is 12.6. The van der Waals surface area contributed by atoms with Crippen LogP contribution in [0.1, 0.15) is 162 Å². The highest BCUT2D eigenvalue weighted by molar-refractivity contribution is 5.76. The van der Waals surface area contributed by atoms with Gasteiger partial charge in [0, 0.05) is 5.92 Å². The molecule has 4 heteroatoms. The Morgan fingerprint density at radius 3 is 1.68 bits per heavy atom. The van der Waals surface area contributed by atoms with Gasteiger partial charge < -0.3 is 9.47 Å². The van der Waals surface area contributed by atoms with Crippen LogP contribution in [0.2, 0.25) is 0 Å².